The van der Waals surface area contributed by atoms with Crippen LogP contribution in [0, 0.1) is 11.6 Å². The van der Waals surface area contributed by atoms with Gasteiger partial charge in [-0.1, -0.05) is 19.9 Å². The van der Waals surface area contributed by atoms with Gasteiger partial charge in [-0.15, -0.1) is 0 Å². The number of benzene rings is 1. The van der Waals surface area contributed by atoms with Gasteiger partial charge < -0.3 is 5.32 Å². The smallest absolute Gasteiger partial charge is 0.130 e. The second kappa shape index (κ2) is 6.01. The summed E-state index contributed by atoms with van der Waals surface area (Å²) in [7, 11) is 0. The molecule has 0 unspecified atom stereocenters. The summed E-state index contributed by atoms with van der Waals surface area (Å²) in [6, 6.07) is 4.10. The summed E-state index contributed by atoms with van der Waals surface area (Å²) in [5.41, 5.74) is 0.0984. The van der Waals surface area contributed by atoms with Crippen LogP contribution in [0.2, 0.25) is 0 Å². The Kier molecular flexibility index (Phi) is 4.69. The van der Waals surface area contributed by atoms with E-state index >= 15 is 0 Å². The van der Waals surface area contributed by atoms with Crippen molar-refractivity contribution in [2.24, 2.45) is 0 Å². The first-order chi connectivity index (χ1) is 9.83. The lowest BCUT2D eigenvalue weighted by Crippen LogP contribution is -2.67. The highest BCUT2D eigenvalue weighted by Crippen LogP contribution is 2.32. The molecule has 4 heteroatoms. The van der Waals surface area contributed by atoms with Crippen molar-refractivity contribution >= 4 is 0 Å². The molecule has 21 heavy (non-hydrogen) atoms. The van der Waals surface area contributed by atoms with Gasteiger partial charge in [0.1, 0.15) is 11.6 Å². The Morgan fingerprint density at radius 1 is 1.14 bits per heavy atom. The van der Waals surface area contributed by atoms with Crippen LogP contribution in [0.4, 0.5) is 8.78 Å². The second-order valence-corrected chi connectivity index (χ2v) is 6.73. The van der Waals surface area contributed by atoms with Gasteiger partial charge in [0, 0.05) is 36.3 Å². The van der Waals surface area contributed by atoms with Crippen molar-refractivity contribution in [2.45, 2.75) is 58.2 Å². The maximum absolute atomic E-state index is 14.0. The molecule has 0 radical (unpaired) electrons. The largest absolute Gasteiger partial charge is 0.309 e. The maximum Gasteiger partial charge on any atom is 0.130 e. The third-order valence-corrected chi connectivity index (χ3v) is 4.88. The van der Waals surface area contributed by atoms with Crippen LogP contribution in [0.1, 0.15) is 46.1 Å². The third kappa shape index (κ3) is 3.27. The minimum Gasteiger partial charge on any atom is -0.309 e. The molecule has 1 aromatic carbocycles. The fourth-order valence-corrected chi connectivity index (χ4v) is 3.26. The first kappa shape index (κ1) is 16.4. The SMILES string of the molecule is CCC1(CC)CNC(C)(C)CN1Cc1c(F)cccc1F. The minimum absolute atomic E-state index is 0.0375. The standard InChI is InChI=1S/C17H26F2N2/c1-5-17(6-2)11-20-16(3,4)12-21(17)10-13-14(18)8-7-9-15(13)19/h7-9,20H,5-6,10-12H2,1-4H3. The summed E-state index contributed by atoms with van der Waals surface area (Å²) in [6.45, 7) is 10.5. The summed E-state index contributed by atoms with van der Waals surface area (Å²) in [6.07, 6.45) is 1.92. The van der Waals surface area contributed by atoms with Gasteiger partial charge in [0.2, 0.25) is 0 Å². The van der Waals surface area contributed by atoms with Crippen LogP contribution in [0.25, 0.3) is 0 Å². The number of rotatable bonds is 4. The number of piperazine rings is 1. The van der Waals surface area contributed by atoms with E-state index in [1.165, 1.54) is 18.2 Å². The molecule has 2 rings (SSSR count). The number of nitrogens with one attached hydrogen (secondary N) is 1. The van der Waals surface area contributed by atoms with E-state index in [1.807, 2.05) is 0 Å². The number of halogens is 2. The molecule has 1 aliphatic rings. The van der Waals surface area contributed by atoms with Crippen molar-refractivity contribution in [1.82, 2.24) is 10.2 Å². The van der Waals surface area contributed by atoms with E-state index in [0.717, 1.165) is 25.9 Å². The summed E-state index contributed by atoms with van der Waals surface area (Å²) in [4.78, 5) is 2.25. The van der Waals surface area contributed by atoms with E-state index in [1.54, 1.807) is 0 Å². The Morgan fingerprint density at radius 2 is 1.71 bits per heavy atom. The first-order valence-electron chi connectivity index (χ1n) is 7.76. The topological polar surface area (TPSA) is 15.3 Å². The molecule has 0 aromatic heterocycles. The molecule has 0 spiro atoms. The lowest BCUT2D eigenvalue weighted by Gasteiger charge is -2.52. The Bertz CT molecular complexity index is 475. The van der Waals surface area contributed by atoms with Gasteiger partial charge in [-0.05, 0) is 38.8 Å². The highest BCUT2D eigenvalue weighted by atomic mass is 19.1. The van der Waals surface area contributed by atoms with Gasteiger partial charge >= 0.3 is 0 Å². The Morgan fingerprint density at radius 3 is 2.24 bits per heavy atom. The highest BCUT2D eigenvalue weighted by molar-refractivity contribution is 5.20. The molecule has 0 aliphatic carbocycles. The number of hydrogen-bond donors (Lipinski definition) is 1. The lowest BCUT2D eigenvalue weighted by molar-refractivity contribution is 0.000886. The first-order valence-corrected chi connectivity index (χ1v) is 7.76. The fourth-order valence-electron chi connectivity index (χ4n) is 3.26. The van der Waals surface area contributed by atoms with Crippen molar-refractivity contribution in [3.8, 4) is 0 Å². The van der Waals surface area contributed by atoms with E-state index < -0.39 is 11.6 Å². The molecule has 1 fully saturated rings. The van der Waals surface area contributed by atoms with Crippen LogP contribution >= 0.6 is 0 Å². The normalized spacial score (nSPS) is 21.4. The molecule has 1 aromatic rings. The maximum atomic E-state index is 14.0. The fraction of sp³-hybridized carbons (Fsp3) is 0.647. The van der Waals surface area contributed by atoms with Gasteiger partial charge in [-0.25, -0.2) is 8.78 Å². The number of nitrogens with zero attached hydrogens (tertiary/aromatic N) is 1. The predicted molar refractivity (Wildman–Crippen MR) is 82.2 cm³/mol. The Labute approximate surface area is 126 Å². The van der Waals surface area contributed by atoms with Crippen LogP contribution in [-0.4, -0.2) is 29.1 Å². The average Bonchev–Trinajstić information content (AvgIpc) is 2.43. The molecule has 2 nitrogen and oxygen atoms in total. The van der Waals surface area contributed by atoms with E-state index in [4.69, 9.17) is 0 Å². The van der Waals surface area contributed by atoms with E-state index in [2.05, 4.69) is 37.9 Å². The number of hydrogen-bond acceptors (Lipinski definition) is 2. The Hall–Kier alpha value is -1.00. The molecular weight excluding hydrogens is 270 g/mol. The molecule has 1 aliphatic heterocycles. The Balaban J connectivity index is 2.32. The van der Waals surface area contributed by atoms with E-state index in [9.17, 15) is 8.78 Å². The molecular formula is C17H26F2N2. The van der Waals surface area contributed by atoms with Crippen molar-refractivity contribution in [2.75, 3.05) is 13.1 Å². The molecule has 0 amide bonds. The molecule has 1 N–H and O–H groups in total. The zero-order valence-corrected chi connectivity index (χ0v) is 13.5. The van der Waals surface area contributed by atoms with E-state index in [-0.39, 0.29) is 16.6 Å². The molecule has 1 heterocycles. The average molecular weight is 296 g/mol. The van der Waals surface area contributed by atoms with Crippen molar-refractivity contribution in [3.63, 3.8) is 0 Å². The lowest BCUT2D eigenvalue weighted by atomic mass is 9.84. The quantitative estimate of drug-likeness (QED) is 0.911. The molecule has 0 atom stereocenters. The van der Waals surface area contributed by atoms with Crippen molar-refractivity contribution in [3.05, 3.63) is 35.4 Å². The van der Waals surface area contributed by atoms with Crippen LogP contribution in [0.3, 0.4) is 0 Å². The van der Waals surface area contributed by atoms with Crippen LogP contribution in [-0.2, 0) is 6.54 Å². The summed E-state index contributed by atoms with van der Waals surface area (Å²) < 4.78 is 28.0. The van der Waals surface area contributed by atoms with Crippen molar-refractivity contribution in [1.29, 1.82) is 0 Å². The summed E-state index contributed by atoms with van der Waals surface area (Å²) in [5, 5.41) is 3.57. The van der Waals surface area contributed by atoms with Gasteiger partial charge in [-0.3, -0.25) is 4.90 Å². The highest BCUT2D eigenvalue weighted by Gasteiger charge is 2.42. The van der Waals surface area contributed by atoms with Gasteiger partial charge in [-0.2, -0.15) is 0 Å². The van der Waals surface area contributed by atoms with E-state index in [0.29, 0.717) is 6.54 Å². The molecule has 118 valence electrons. The summed E-state index contributed by atoms with van der Waals surface area (Å²) >= 11 is 0. The predicted octanol–water partition coefficient (Wildman–Crippen LogP) is 3.71. The van der Waals surface area contributed by atoms with Crippen LogP contribution in [0.5, 0.6) is 0 Å². The molecule has 0 saturated carbocycles. The van der Waals surface area contributed by atoms with Gasteiger partial charge in [0.15, 0.2) is 0 Å². The summed E-state index contributed by atoms with van der Waals surface area (Å²) in [5.74, 6) is -0.903. The molecule has 1 saturated heterocycles. The zero-order valence-electron chi connectivity index (χ0n) is 13.5. The van der Waals surface area contributed by atoms with Gasteiger partial charge in [0.05, 0.1) is 0 Å². The second-order valence-electron chi connectivity index (χ2n) is 6.73. The monoisotopic (exact) mass is 296 g/mol. The third-order valence-electron chi connectivity index (χ3n) is 4.88. The van der Waals surface area contributed by atoms with Crippen LogP contribution < -0.4 is 5.32 Å². The van der Waals surface area contributed by atoms with Crippen molar-refractivity contribution < 1.29 is 8.78 Å². The molecule has 0 bridgehead atoms. The zero-order chi connectivity index (χ0) is 15.7. The minimum atomic E-state index is -0.451. The van der Waals surface area contributed by atoms with Crippen LogP contribution in [0.15, 0.2) is 18.2 Å². The van der Waals surface area contributed by atoms with Gasteiger partial charge in [0.25, 0.3) is 0 Å².